The topological polar surface area (TPSA) is 32.8 Å². The molecule has 3 aliphatic heterocycles. The van der Waals surface area contributed by atoms with E-state index in [4.69, 9.17) is 16.3 Å². The first-order valence-corrected chi connectivity index (χ1v) is 10.3. The molecule has 0 spiro atoms. The number of likely N-dealkylation sites (tertiary alicyclic amines) is 1. The van der Waals surface area contributed by atoms with E-state index < -0.39 is 0 Å². The molecule has 6 heteroatoms. The molecule has 0 saturated carbocycles. The van der Waals surface area contributed by atoms with E-state index in [1.165, 1.54) is 24.3 Å². The second-order valence-electron chi connectivity index (χ2n) is 6.86. The van der Waals surface area contributed by atoms with Gasteiger partial charge in [0.05, 0.1) is 6.04 Å². The Morgan fingerprint density at radius 3 is 2.88 bits per heavy atom. The molecule has 3 heterocycles. The number of thioether (sulfide) groups is 1. The van der Waals surface area contributed by atoms with Crippen molar-refractivity contribution in [2.45, 2.75) is 37.5 Å². The van der Waals surface area contributed by atoms with Crippen molar-refractivity contribution >= 4 is 29.5 Å². The van der Waals surface area contributed by atoms with Gasteiger partial charge in [0.1, 0.15) is 6.10 Å². The lowest BCUT2D eigenvalue weighted by atomic mass is 10.1. The minimum absolute atomic E-state index is 0.0476. The van der Waals surface area contributed by atoms with Crippen LogP contribution in [0, 0.1) is 0 Å². The smallest absolute Gasteiger partial charge is 0.410 e. The molecule has 1 amide bonds. The van der Waals surface area contributed by atoms with Gasteiger partial charge < -0.3 is 4.74 Å². The molecule has 4 nitrogen and oxygen atoms in total. The molecular weight excluding hydrogens is 344 g/mol. The quantitative estimate of drug-likeness (QED) is 0.818. The van der Waals surface area contributed by atoms with Gasteiger partial charge in [0.25, 0.3) is 0 Å². The summed E-state index contributed by atoms with van der Waals surface area (Å²) in [7, 11) is 0. The zero-order valence-corrected chi connectivity index (χ0v) is 15.3. The summed E-state index contributed by atoms with van der Waals surface area (Å²) in [4.78, 5) is 16.7. The predicted molar refractivity (Wildman–Crippen MR) is 97.8 cm³/mol. The van der Waals surface area contributed by atoms with Crippen molar-refractivity contribution in [1.82, 2.24) is 9.80 Å². The van der Waals surface area contributed by atoms with Crippen molar-refractivity contribution in [2.24, 2.45) is 0 Å². The minimum Gasteiger partial charge on any atom is -0.442 e. The molecule has 1 aromatic carbocycles. The minimum atomic E-state index is -0.147. The van der Waals surface area contributed by atoms with Crippen LogP contribution in [0.2, 0.25) is 5.02 Å². The first kappa shape index (κ1) is 16.6. The number of nitrogens with zero attached hydrogens (tertiary/aromatic N) is 2. The van der Waals surface area contributed by atoms with Crippen molar-refractivity contribution in [3.63, 3.8) is 0 Å². The Morgan fingerprint density at radius 2 is 2.08 bits per heavy atom. The Morgan fingerprint density at radius 1 is 1.25 bits per heavy atom. The van der Waals surface area contributed by atoms with Crippen LogP contribution in [0.4, 0.5) is 4.79 Å². The fraction of sp³-hybridized carbons (Fsp3) is 0.611. The van der Waals surface area contributed by atoms with Crippen LogP contribution in [-0.2, 0) is 11.2 Å². The first-order valence-electron chi connectivity index (χ1n) is 8.74. The molecule has 3 fully saturated rings. The second-order valence-corrected chi connectivity index (χ2v) is 8.52. The SMILES string of the molecule is O=C1O[C@@H]2CN(C3CCSCC3)C[C@@H]2N1CCc1cccc(Cl)c1. The highest BCUT2D eigenvalue weighted by atomic mass is 35.5. The lowest BCUT2D eigenvalue weighted by Crippen LogP contribution is -2.42. The van der Waals surface area contributed by atoms with Crippen LogP contribution in [-0.4, -0.2) is 65.2 Å². The van der Waals surface area contributed by atoms with E-state index in [-0.39, 0.29) is 18.2 Å². The van der Waals surface area contributed by atoms with Gasteiger partial charge in [0.2, 0.25) is 0 Å². The second kappa shape index (κ2) is 7.14. The molecule has 0 unspecified atom stereocenters. The van der Waals surface area contributed by atoms with Crippen LogP contribution in [0.5, 0.6) is 0 Å². The molecule has 0 N–H and O–H groups in total. The maximum Gasteiger partial charge on any atom is 0.410 e. The summed E-state index contributed by atoms with van der Waals surface area (Å²) in [6.45, 7) is 2.56. The maximum absolute atomic E-state index is 12.2. The summed E-state index contributed by atoms with van der Waals surface area (Å²) in [5.74, 6) is 2.52. The highest BCUT2D eigenvalue weighted by molar-refractivity contribution is 7.99. The number of halogens is 1. The number of hydrogen-bond acceptors (Lipinski definition) is 4. The predicted octanol–water partition coefficient (Wildman–Crippen LogP) is 3.28. The van der Waals surface area contributed by atoms with E-state index in [0.29, 0.717) is 12.6 Å². The van der Waals surface area contributed by atoms with Crippen molar-refractivity contribution in [1.29, 1.82) is 0 Å². The molecule has 0 aliphatic carbocycles. The van der Waals surface area contributed by atoms with E-state index in [1.54, 1.807) is 0 Å². The summed E-state index contributed by atoms with van der Waals surface area (Å²) in [6, 6.07) is 8.76. The van der Waals surface area contributed by atoms with E-state index in [0.717, 1.165) is 30.1 Å². The fourth-order valence-corrected chi connectivity index (χ4v) is 5.37. The number of carbonyl (C=O) groups excluding carboxylic acids is 1. The number of carbonyl (C=O) groups is 1. The number of hydrogen-bond donors (Lipinski definition) is 0. The van der Waals surface area contributed by atoms with Crippen molar-refractivity contribution in [2.75, 3.05) is 31.1 Å². The molecule has 0 radical (unpaired) electrons. The number of benzene rings is 1. The molecule has 2 atom stereocenters. The summed E-state index contributed by atoms with van der Waals surface area (Å²) in [5.41, 5.74) is 1.16. The molecule has 4 rings (SSSR count). The number of rotatable bonds is 4. The zero-order chi connectivity index (χ0) is 16.5. The highest BCUT2D eigenvalue weighted by Crippen LogP contribution is 2.31. The molecule has 130 valence electrons. The third kappa shape index (κ3) is 3.39. The maximum atomic E-state index is 12.2. The Hall–Kier alpha value is -0.910. The van der Waals surface area contributed by atoms with Crippen molar-refractivity contribution in [3.05, 3.63) is 34.9 Å². The Kier molecular flexibility index (Phi) is 4.93. The third-order valence-corrected chi connectivity index (χ3v) is 6.67. The van der Waals surface area contributed by atoms with Gasteiger partial charge in [-0.1, -0.05) is 23.7 Å². The normalized spacial score (nSPS) is 28.2. The first-order chi connectivity index (χ1) is 11.7. The lowest BCUT2D eigenvalue weighted by Gasteiger charge is -2.31. The van der Waals surface area contributed by atoms with Crippen LogP contribution in [0.25, 0.3) is 0 Å². The van der Waals surface area contributed by atoms with Gasteiger partial charge in [-0.25, -0.2) is 4.79 Å². The molecule has 3 saturated heterocycles. The fourth-order valence-electron chi connectivity index (χ4n) is 4.08. The highest BCUT2D eigenvalue weighted by Gasteiger charge is 2.48. The van der Waals surface area contributed by atoms with Crippen molar-refractivity contribution in [3.8, 4) is 0 Å². The molecule has 0 bridgehead atoms. The van der Waals surface area contributed by atoms with Gasteiger partial charge >= 0.3 is 6.09 Å². The molecule has 24 heavy (non-hydrogen) atoms. The Labute approximate surface area is 152 Å². The number of fused-ring (bicyclic) bond motifs is 1. The van der Waals surface area contributed by atoms with Crippen LogP contribution in [0.3, 0.4) is 0 Å². The molecule has 1 aromatic rings. The van der Waals surface area contributed by atoms with Gasteiger partial charge in [-0.05, 0) is 48.5 Å². The van der Waals surface area contributed by atoms with Gasteiger partial charge in [0.15, 0.2) is 0 Å². The van der Waals surface area contributed by atoms with E-state index in [2.05, 4.69) is 22.7 Å². The molecule has 0 aromatic heterocycles. The number of ether oxygens (including phenoxy) is 1. The van der Waals surface area contributed by atoms with E-state index in [1.807, 2.05) is 23.1 Å². The van der Waals surface area contributed by atoms with Crippen LogP contribution < -0.4 is 0 Å². The van der Waals surface area contributed by atoms with Crippen LogP contribution in [0.15, 0.2) is 24.3 Å². The average molecular weight is 367 g/mol. The zero-order valence-electron chi connectivity index (χ0n) is 13.7. The summed E-state index contributed by atoms with van der Waals surface area (Å²) in [5, 5.41) is 0.747. The largest absolute Gasteiger partial charge is 0.442 e. The summed E-state index contributed by atoms with van der Waals surface area (Å²) >= 11 is 8.10. The lowest BCUT2D eigenvalue weighted by molar-refractivity contribution is 0.110. The van der Waals surface area contributed by atoms with E-state index >= 15 is 0 Å². The molecule has 3 aliphatic rings. The van der Waals surface area contributed by atoms with E-state index in [9.17, 15) is 4.79 Å². The molecular formula is C18H23ClN2O2S. The van der Waals surface area contributed by atoms with Crippen LogP contribution in [0.1, 0.15) is 18.4 Å². The van der Waals surface area contributed by atoms with Gasteiger partial charge in [-0.15, -0.1) is 0 Å². The van der Waals surface area contributed by atoms with Gasteiger partial charge in [-0.3, -0.25) is 9.80 Å². The van der Waals surface area contributed by atoms with Gasteiger partial charge in [0, 0.05) is 30.7 Å². The third-order valence-electron chi connectivity index (χ3n) is 5.39. The van der Waals surface area contributed by atoms with Crippen LogP contribution >= 0.6 is 23.4 Å². The standard InChI is InChI=1S/C18H23ClN2O2S/c19-14-3-1-2-13(10-14)4-7-21-16-11-20(12-17(16)23-18(21)22)15-5-8-24-9-6-15/h1-3,10,15-17H,4-9,11-12H2/t16-,17+/m0/s1. The van der Waals surface area contributed by atoms with Crippen molar-refractivity contribution < 1.29 is 9.53 Å². The van der Waals surface area contributed by atoms with Gasteiger partial charge in [-0.2, -0.15) is 11.8 Å². The average Bonchev–Trinajstić information content (AvgIpc) is 3.11. The Balaban J connectivity index is 1.38. The number of amides is 1. The Bertz CT molecular complexity index is 608. The monoisotopic (exact) mass is 366 g/mol. The summed E-state index contributed by atoms with van der Waals surface area (Å²) in [6.07, 6.45) is 3.25. The summed E-state index contributed by atoms with van der Waals surface area (Å²) < 4.78 is 5.65.